The second kappa shape index (κ2) is 6.67. The fourth-order valence-electron chi connectivity index (χ4n) is 2.48. The zero-order valence-electron chi connectivity index (χ0n) is 12.8. The van der Waals surface area contributed by atoms with Crippen LogP contribution < -0.4 is 10.2 Å². The van der Waals surface area contributed by atoms with Crippen molar-refractivity contribution in [1.29, 1.82) is 0 Å². The minimum Gasteiger partial charge on any atom is -0.312 e. The van der Waals surface area contributed by atoms with E-state index in [2.05, 4.69) is 15.5 Å². The number of nitrogens with zero attached hydrogens (tertiary/aromatic N) is 3. The average molecular weight is 348 g/mol. The van der Waals surface area contributed by atoms with Gasteiger partial charge in [0.25, 0.3) is 0 Å². The molecule has 1 aliphatic heterocycles. The van der Waals surface area contributed by atoms with Gasteiger partial charge in [-0.1, -0.05) is 35.2 Å². The lowest BCUT2D eigenvalue weighted by Crippen LogP contribution is -2.28. The summed E-state index contributed by atoms with van der Waals surface area (Å²) in [7, 11) is 0. The third-order valence-corrected chi connectivity index (χ3v) is 5.43. The molecule has 1 N–H and O–H groups in total. The van der Waals surface area contributed by atoms with Gasteiger partial charge in [-0.25, -0.2) is 0 Å². The molecule has 1 aromatic carbocycles. The molecule has 6 nitrogen and oxygen atoms in total. The number of carbonyl (C=O) groups excluding carboxylic acids is 2. The normalized spacial score (nSPS) is 17.6. The summed E-state index contributed by atoms with van der Waals surface area (Å²) in [4.78, 5) is 26.2. The van der Waals surface area contributed by atoms with Gasteiger partial charge >= 0.3 is 0 Å². The smallest absolute Gasteiger partial charge is 0.231 e. The Hall–Kier alpha value is -1.93. The lowest BCUT2D eigenvalue weighted by Gasteiger charge is -2.17. The predicted molar refractivity (Wildman–Crippen MR) is 92.0 cm³/mol. The van der Waals surface area contributed by atoms with E-state index in [1.54, 1.807) is 4.90 Å². The second-order valence-electron chi connectivity index (χ2n) is 5.31. The first-order valence-corrected chi connectivity index (χ1v) is 9.16. The zero-order chi connectivity index (χ0) is 16.4. The van der Waals surface area contributed by atoms with Gasteiger partial charge in [-0.15, -0.1) is 10.2 Å². The summed E-state index contributed by atoms with van der Waals surface area (Å²) >= 11 is 2.81. The third-order valence-electron chi connectivity index (χ3n) is 3.62. The molecule has 0 spiro atoms. The monoisotopic (exact) mass is 348 g/mol. The highest BCUT2D eigenvalue weighted by atomic mass is 32.2. The maximum atomic E-state index is 12.3. The van der Waals surface area contributed by atoms with Crippen molar-refractivity contribution in [2.45, 2.75) is 17.7 Å². The van der Waals surface area contributed by atoms with Crippen LogP contribution in [0.4, 0.5) is 10.8 Å². The Balaban J connectivity index is 1.68. The zero-order valence-corrected chi connectivity index (χ0v) is 14.4. The number of benzene rings is 1. The minimum absolute atomic E-state index is 0.0298. The molecule has 1 aromatic heterocycles. The fraction of sp³-hybridized carbons (Fsp3) is 0.333. The highest BCUT2D eigenvalue weighted by Crippen LogP contribution is 2.28. The summed E-state index contributed by atoms with van der Waals surface area (Å²) < 4.78 is 0.796. The SMILES string of the molecule is CSc1nnc(NC(=O)[C@@H]2CC(=O)N(c3cccc(C)c3)C2)s1. The molecular weight excluding hydrogens is 332 g/mol. The molecule has 0 saturated carbocycles. The molecule has 1 atom stereocenters. The first-order chi connectivity index (χ1) is 11.1. The lowest BCUT2D eigenvalue weighted by molar-refractivity contribution is -0.122. The lowest BCUT2D eigenvalue weighted by atomic mass is 10.1. The Kier molecular flexibility index (Phi) is 4.63. The van der Waals surface area contributed by atoms with E-state index < -0.39 is 0 Å². The van der Waals surface area contributed by atoms with Crippen molar-refractivity contribution in [2.75, 3.05) is 23.0 Å². The van der Waals surface area contributed by atoms with Crippen molar-refractivity contribution in [1.82, 2.24) is 10.2 Å². The van der Waals surface area contributed by atoms with Gasteiger partial charge in [-0.2, -0.15) is 0 Å². The van der Waals surface area contributed by atoms with E-state index in [0.29, 0.717) is 11.7 Å². The maximum absolute atomic E-state index is 12.3. The molecule has 1 aliphatic rings. The van der Waals surface area contributed by atoms with Crippen LogP contribution in [0.15, 0.2) is 28.6 Å². The van der Waals surface area contributed by atoms with Crippen LogP contribution in [-0.2, 0) is 9.59 Å². The summed E-state index contributed by atoms with van der Waals surface area (Å²) in [6, 6.07) is 7.73. The number of carbonyl (C=O) groups is 2. The van der Waals surface area contributed by atoms with E-state index in [4.69, 9.17) is 0 Å². The minimum atomic E-state index is -0.371. The van der Waals surface area contributed by atoms with Crippen molar-refractivity contribution >= 4 is 45.7 Å². The second-order valence-corrected chi connectivity index (χ2v) is 7.34. The number of amides is 2. The Labute approximate surface area is 142 Å². The maximum Gasteiger partial charge on any atom is 0.231 e. The van der Waals surface area contributed by atoms with Crippen molar-refractivity contribution in [2.24, 2.45) is 5.92 Å². The van der Waals surface area contributed by atoms with Crippen LogP contribution in [0.5, 0.6) is 0 Å². The summed E-state index contributed by atoms with van der Waals surface area (Å²) in [5.41, 5.74) is 1.92. The molecule has 0 radical (unpaired) electrons. The topological polar surface area (TPSA) is 75.2 Å². The number of aromatic nitrogens is 2. The van der Waals surface area contributed by atoms with Gasteiger partial charge in [0.05, 0.1) is 5.92 Å². The molecule has 2 amide bonds. The van der Waals surface area contributed by atoms with Crippen molar-refractivity contribution < 1.29 is 9.59 Å². The molecule has 0 bridgehead atoms. The molecule has 120 valence electrons. The Morgan fingerprint density at radius 3 is 2.96 bits per heavy atom. The van der Waals surface area contributed by atoms with Crippen molar-refractivity contribution in [3.05, 3.63) is 29.8 Å². The number of hydrogen-bond acceptors (Lipinski definition) is 6. The quantitative estimate of drug-likeness (QED) is 0.679. The number of rotatable bonds is 4. The molecule has 23 heavy (non-hydrogen) atoms. The third kappa shape index (κ3) is 3.53. The van der Waals surface area contributed by atoms with Crippen molar-refractivity contribution in [3.8, 4) is 0 Å². The predicted octanol–water partition coefficient (Wildman–Crippen LogP) is 2.56. The van der Waals surface area contributed by atoms with Crippen LogP contribution >= 0.6 is 23.1 Å². The van der Waals surface area contributed by atoms with E-state index in [1.807, 2.05) is 37.4 Å². The summed E-state index contributed by atoms with van der Waals surface area (Å²) in [5, 5.41) is 11.1. The molecule has 2 heterocycles. The highest BCUT2D eigenvalue weighted by Gasteiger charge is 2.35. The highest BCUT2D eigenvalue weighted by molar-refractivity contribution is 8.00. The summed E-state index contributed by atoms with van der Waals surface area (Å²) in [6.07, 6.45) is 2.12. The van der Waals surface area contributed by atoms with Crippen LogP contribution in [0.3, 0.4) is 0 Å². The number of nitrogens with one attached hydrogen (secondary N) is 1. The Morgan fingerprint density at radius 2 is 2.26 bits per heavy atom. The number of thioether (sulfide) groups is 1. The van der Waals surface area contributed by atoms with Crippen LogP contribution in [0, 0.1) is 12.8 Å². The van der Waals surface area contributed by atoms with Gasteiger partial charge in [-0.3, -0.25) is 9.59 Å². The van der Waals surface area contributed by atoms with E-state index in [9.17, 15) is 9.59 Å². The van der Waals surface area contributed by atoms with E-state index in [0.717, 1.165) is 15.6 Å². The van der Waals surface area contributed by atoms with E-state index in [1.165, 1.54) is 23.1 Å². The van der Waals surface area contributed by atoms with Gasteiger partial charge in [0, 0.05) is 18.7 Å². The van der Waals surface area contributed by atoms with Crippen LogP contribution in [0.25, 0.3) is 0 Å². The molecule has 0 unspecified atom stereocenters. The fourth-order valence-corrected chi connectivity index (χ4v) is 3.65. The largest absolute Gasteiger partial charge is 0.312 e. The number of aryl methyl sites for hydroxylation is 1. The molecule has 0 aliphatic carbocycles. The van der Waals surface area contributed by atoms with Crippen molar-refractivity contribution in [3.63, 3.8) is 0 Å². The van der Waals surface area contributed by atoms with E-state index in [-0.39, 0.29) is 24.2 Å². The van der Waals surface area contributed by atoms with Crippen LogP contribution in [-0.4, -0.2) is 34.8 Å². The first-order valence-electron chi connectivity index (χ1n) is 7.12. The van der Waals surface area contributed by atoms with Gasteiger partial charge < -0.3 is 10.2 Å². The van der Waals surface area contributed by atoms with Gasteiger partial charge in [0.15, 0.2) is 4.34 Å². The molecule has 1 fully saturated rings. The molecule has 3 rings (SSSR count). The average Bonchev–Trinajstić information content (AvgIpc) is 3.13. The van der Waals surface area contributed by atoms with Gasteiger partial charge in [0.1, 0.15) is 0 Å². The summed E-state index contributed by atoms with van der Waals surface area (Å²) in [6.45, 7) is 2.37. The number of hydrogen-bond donors (Lipinski definition) is 1. The molecule has 2 aromatic rings. The molecule has 8 heteroatoms. The summed E-state index contributed by atoms with van der Waals surface area (Å²) in [5.74, 6) is -0.584. The Morgan fingerprint density at radius 1 is 1.43 bits per heavy atom. The standard InChI is InChI=1S/C15H16N4O2S2/c1-9-4-3-5-11(6-9)19-8-10(7-12(19)20)13(21)16-14-17-18-15(22-2)23-14/h3-6,10H,7-8H2,1-2H3,(H,16,17,21)/t10-/m1/s1. The van der Waals surface area contributed by atoms with Crippen LogP contribution in [0.1, 0.15) is 12.0 Å². The Bertz CT molecular complexity index is 747. The number of anilines is 2. The first kappa shape index (κ1) is 15.9. The van der Waals surface area contributed by atoms with Gasteiger partial charge in [0.2, 0.25) is 16.9 Å². The molecule has 1 saturated heterocycles. The van der Waals surface area contributed by atoms with Gasteiger partial charge in [-0.05, 0) is 30.9 Å². The van der Waals surface area contributed by atoms with E-state index >= 15 is 0 Å². The molecular formula is C15H16N4O2S2. The van der Waals surface area contributed by atoms with Crippen LogP contribution in [0.2, 0.25) is 0 Å².